The highest BCUT2D eigenvalue weighted by molar-refractivity contribution is 5.81. The molecular formula is C15H23FN2O2. The van der Waals surface area contributed by atoms with Crippen molar-refractivity contribution in [3.05, 3.63) is 30.1 Å². The molecule has 0 aromatic heterocycles. The number of halogens is 1. The average molecular weight is 282 g/mol. The maximum atomic E-state index is 13.0. The fraction of sp³-hybridized carbons (Fsp3) is 0.533. The first-order chi connectivity index (χ1) is 9.42. The standard InChI is InChI=1S/C15H23FN2O2/c1-10(2)7-13(9-17)18-15(19)11(3)20-14-6-4-5-12(16)8-14/h4-6,8,10-11,13H,7,9,17H2,1-3H3,(H,18,19). The van der Waals surface area contributed by atoms with E-state index in [1.54, 1.807) is 13.0 Å². The molecule has 2 unspecified atom stereocenters. The highest BCUT2D eigenvalue weighted by atomic mass is 19.1. The van der Waals surface area contributed by atoms with E-state index in [-0.39, 0.29) is 11.9 Å². The molecule has 1 amide bonds. The summed E-state index contributed by atoms with van der Waals surface area (Å²) in [5, 5.41) is 2.85. The maximum Gasteiger partial charge on any atom is 0.261 e. The summed E-state index contributed by atoms with van der Waals surface area (Å²) in [6.07, 6.45) is 0.118. The van der Waals surface area contributed by atoms with Crippen LogP contribution in [0.25, 0.3) is 0 Å². The Kier molecular flexibility index (Phi) is 6.45. The van der Waals surface area contributed by atoms with E-state index >= 15 is 0 Å². The second kappa shape index (κ2) is 7.85. The summed E-state index contributed by atoms with van der Waals surface area (Å²) in [5.74, 6) is 0.143. The van der Waals surface area contributed by atoms with Crippen LogP contribution in [0.15, 0.2) is 24.3 Å². The third-order valence-corrected chi connectivity index (χ3v) is 2.86. The monoisotopic (exact) mass is 282 g/mol. The molecule has 4 nitrogen and oxygen atoms in total. The Hall–Kier alpha value is -1.62. The van der Waals surface area contributed by atoms with Gasteiger partial charge in [0.05, 0.1) is 0 Å². The molecule has 0 radical (unpaired) electrons. The smallest absolute Gasteiger partial charge is 0.261 e. The molecule has 0 heterocycles. The molecule has 1 aromatic rings. The van der Waals surface area contributed by atoms with Gasteiger partial charge in [-0.2, -0.15) is 0 Å². The lowest BCUT2D eigenvalue weighted by atomic mass is 10.0. The summed E-state index contributed by atoms with van der Waals surface area (Å²) in [7, 11) is 0. The number of nitrogens with two attached hydrogens (primary N) is 1. The molecule has 0 bridgehead atoms. The minimum absolute atomic E-state index is 0.0685. The highest BCUT2D eigenvalue weighted by Crippen LogP contribution is 2.14. The van der Waals surface area contributed by atoms with Crippen molar-refractivity contribution in [2.24, 2.45) is 11.7 Å². The summed E-state index contributed by atoms with van der Waals surface area (Å²) in [6.45, 7) is 6.16. The second-order valence-electron chi connectivity index (χ2n) is 5.29. The molecule has 20 heavy (non-hydrogen) atoms. The van der Waals surface area contributed by atoms with Crippen LogP contribution >= 0.6 is 0 Å². The first-order valence-electron chi connectivity index (χ1n) is 6.85. The van der Waals surface area contributed by atoms with Crippen LogP contribution < -0.4 is 15.8 Å². The Bertz CT molecular complexity index is 438. The predicted octanol–water partition coefficient (Wildman–Crippen LogP) is 2.08. The van der Waals surface area contributed by atoms with Crippen LogP contribution in [0.2, 0.25) is 0 Å². The Labute approximate surface area is 119 Å². The molecule has 0 saturated carbocycles. The molecule has 1 aromatic carbocycles. The molecule has 0 aliphatic heterocycles. The third-order valence-electron chi connectivity index (χ3n) is 2.86. The van der Waals surface area contributed by atoms with Crippen LogP contribution in [0.5, 0.6) is 5.75 Å². The maximum absolute atomic E-state index is 13.0. The topological polar surface area (TPSA) is 64.3 Å². The van der Waals surface area contributed by atoms with Gasteiger partial charge in [0.2, 0.25) is 0 Å². The van der Waals surface area contributed by atoms with Crippen LogP contribution in [-0.2, 0) is 4.79 Å². The third kappa shape index (κ3) is 5.57. The van der Waals surface area contributed by atoms with Crippen molar-refractivity contribution in [1.82, 2.24) is 5.32 Å². The molecule has 112 valence electrons. The molecule has 0 spiro atoms. The van der Waals surface area contributed by atoms with Gasteiger partial charge in [-0.05, 0) is 31.4 Å². The molecular weight excluding hydrogens is 259 g/mol. The van der Waals surface area contributed by atoms with Crippen molar-refractivity contribution in [2.75, 3.05) is 6.54 Å². The number of rotatable bonds is 7. The van der Waals surface area contributed by atoms with Crippen LogP contribution in [0, 0.1) is 11.7 Å². The lowest BCUT2D eigenvalue weighted by Gasteiger charge is -2.21. The summed E-state index contributed by atoms with van der Waals surface area (Å²) in [4.78, 5) is 12.0. The number of hydrogen-bond acceptors (Lipinski definition) is 3. The summed E-state index contributed by atoms with van der Waals surface area (Å²) in [6, 6.07) is 5.65. The van der Waals surface area contributed by atoms with Gasteiger partial charge in [0.1, 0.15) is 11.6 Å². The molecule has 0 aliphatic carbocycles. The minimum Gasteiger partial charge on any atom is -0.481 e. The van der Waals surface area contributed by atoms with Gasteiger partial charge in [-0.1, -0.05) is 19.9 Å². The van der Waals surface area contributed by atoms with Crippen molar-refractivity contribution in [2.45, 2.75) is 39.3 Å². The molecule has 0 saturated heterocycles. The summed E-state index contributed by atoms with van der Waals surface area (Å²) in [5.41, 5.74) is 5.64. The lowest BCUT2D eigenvalue weighted by Crippen LogP contribution is -2.46. The number of carbonyl (C=O) groups excluding carboxylic acids is 1. The van der Waals surface area contributed by atoms with Gasteiger partial charge in [0.15, 0.2) is 6.10 Å². The molecule has 0 aliphatic rings. The van der Waals surface area contributed by atoms with Crippen LogP contribution in [0.4, 0.5) is 4.39 Å². The predicted molar refractivity (Wildman–Crippen MR) is 76.9 cm³/mol. The van der Waals surface area contributed by atoms with Gasteiger partial charge in [0, 0.05) is 18.7 Å². The SMILES string of the molecule is CC(C)CC(CN)NC(=O)C(C)Oc1cccc(F)c1. The zero-order chi connectivity index (χ0) is 15.1. The van der Waals surface area contributed by atoms with Crippen LogP contribution in [0.3, 0.4) is 0 Å². The molecule has 2 atom stereocenters. The number of hydrogen-bond donors (Lipinski definition) is 2. The molecule has 3 N–H and O–H groups in total. The minimum atomic E-state index is -0.696. The normalized spacial score (nSPS) is 13.9. The quantitative estimate of drug-likeness (QED) is 0.805. The Morgan fingerprint density at radius 1 is 1.40 bits per heavy atom. The second-order valence-corrected chi connectivity index (χ2v) is 5.29. The molecule has 5 heteroatoms. The molecule has 0 fully saturated rings. The van der Waals surface area contributed by atoms with E-state index in [1.165, 1.54) is 18.2 Å². The summed E-state index contributed by atoms with van der Waals surface area (Å²) < 4.78 is 18.4. The number of benzene rings is 1. The van der Waals surface area contributed by atoms with Gasteiger partial charge in [0.25, 0.3) is 5.91 Å². The highest BCUT2D eigenvalue weighted by Gasteiger charge is 2.19. The van der Waals surface area contributed by atoms with Crippen molar-refractivity contribution in [3.8, 4) is 5.75 Å². The van der Waals surface area contributed by atoms with Gasteiger partial charge in [-0.15, -0.1) is 0 Å². The van der Waals surface area contributed by atoms with Gasteiger partial charge in [-0.3, -0.25) is 4.79 Å². The van der Waals surface area contributed by atoms with E-state index in [0.29, 0.717) is 18.2 Å². The number of ether oxygens (including phenoxy) is 1. The average Bonchev–Trinajstić information content (AvgIpc) is 2.37. The van der Waals surface area contributed by atoms with Crippen LogP contribution in [-0.4, -0.2) is 24.6 Å². The van der Waals surface area contributed by atoms with Crippen molar-refractivity contribution >= 4 is 5.91 Å². The number of nitrogens with one attached hydrogen (secondary N) is 1. The Balaban J connectivity index is 2.54. The van der Waals surface area contributed by atoms with Gasteiger partial charge < -0.3 is 15.8 Å². The first-order valence-corrected chi connectivity index (χ1v) is 6.85. The van der Waals surface area contributed by atoms with Crippen molar-refractivity contribution in [1.29, 1.82) is 0 Å². The zero-order valence-corrected chi connectivity index (χ0v) is 12.2. The van der Waals surface area contributed by atoms with E-state index < -0.39 is 11.9 Å². The van der Waals surface area contributed by atoms with Crippen molar-refractivity contribution in [3.63, 3.8) is 0 Å². The first kappa shape index (κ1) is 16.4. The van der Waals surface area contributed by atoms with E-state index in [9.17, 15) is 9.18 Å². The van der Waals surface area contributed by atoms with Crippen LogP contribution in [0.1, 0.15) is 27.2 Å². The van der Waals surface area contributed by atoms with Crippen molar-refractivity contribution < 1.29 is 13.9 Å². The fourth-order valence-corrected chi connectivity index (χ4v) is 1.90. The largest absolute Gasteiger partial charge is 0.481 e. The number of carbonyl (C=O) groups is 1. The van der Waals surface area contributed by atoms with E-state index in [2.05, 4.69) is 19.2 Å². The zero-order valence-electron chi connectivity index (χ0n) is 12.2. The van der Waals surface area contributed by atoms with E-state index in [4.69, 9.17) is 10.5 Å². The Morgan fingerprint density at radius 2 is 2.10 bits per heavy atom. The fourth-order valence-electron chi connectivity index (χ4n) is 1.90. The van der Waals surface area contributed by atoms with E-state index in [1.807, 2.05) is 0 Å². The van der Waals surface area contributed by atoms with E-state index in [0.717, 1.165) is 6.42 Å². The van der Waals surface area contributed by atoms with Gasteiger partial charge in [-0.25, -0.2) is 4.39 Å². The van der Waals surface area contributed by atoms with Gasteiger partial charge >= 0.3 is 0 Å². The molecule has 1 rings (SSSR count). The summed E-state index contributed by atoms with van der Waals surface area (Å²) >= 11 is 0. The number of amides is 1. The lowest BCUT2D eigenvalue weighted by molar-refractivity contribution is -0.128. The Morgan fingerprint density at radius 3 is 2.65 bits per heavy atom.